The van der Waals surface area contributed by atoms with Gasteiger partial charge in [0.25, 0.3) is 0 Å². The van der Waals surface area contributed by atoms with Crippen molar-refractivity contribution in [2.24, 2.45) is 0 Å². The predicted molar refractivity (Wildman–Crippen MR) is 76.8 cm³/mol. The Labute approximate surface area is 115 Å². The molecule has 0 saturated carbocycles. The normalized spacial score (nSPS) is 17.4. The van der Waals surface area contributed by atoms with Crippen LogP contribution >= 0.6 is 0 Å². The van der Waals surface area contributed by atoms with Crippen molar-refractivity contribution in [1.29, 1.82) is 0 Å². The summed E-state index contributed by atoms with van der Waals surface area (Å²) in [6.45, 7) is 0. The Bertz CT molecular complexity index is 851. The van der Waals surface area contributed by atoms with Gasteiger partial charge in [-0.2, -0.15) is 0 Å². The summed E-state index contributed by atoms with van der Waals surface area (Å²) in [6, 6.07) is 16.0. The van der Waals surface area contributed by atoms with Crippen LogP contribution in [0.4, 0.5) is 0 Å². The Kier molecular flexibility index (Phi) is 2.32. The predicted octanol–water partition coefficient (Wildman–Crippen LogP) is 3.60. The number of rotatable bonds is 1. The number of benzene rings is 3. The van der Waals surface area contributed by atoms with Gasteiger partial charge in [-0.05, 0) is 16.2 Å². The molecule has 0 spiro atoms. The van der Waals surface area contributed by atoms with Crippen molar-refractivity contribution in [1.82, 2.24) is 0 Å². The number of fused-ring (bicyclic) bond motifs is 6. The molecule has 20 heavy (non-hydrogen) atoms. The van der Waals surface area contributed by atoms with Gasteiger partial charge in [-0.1, -0.05) is 48.5 Å². The average Bonchev–Trinajstić information content (AvgIpc) is 2.84. The lowest BCUT2D eigenvalue weighted by molar-refractivity contribution is -0.142. The van der Waals surface area contributed by atoms with Crippen molar-refractivity contribution in [3.63, 3.8) is 0 Å². The maximum atomic E-state index is 12.0. The second-order valence-corrected chi connectivity index (χ2v) is 4.87. The minimum absolute atomic E-state index is 0.344. The fourth-order valence-electron chi connectivity index (χ4n) is 2.99. The van der Waals surface area contributed by atoms with Crippen molar-refractivity contribution in [2.45, 2.75) is 6.10 Å². The van der Waals surface area contributed by atoms with Crippen LogP contribution in [-0.4, -0.2) is 13.1 Å². The molecule has 0 fully saturated rings. The van der Waals surface area contributed by atoms with E-state index in [0.717, 1.165) is 27.1 Å². The smallest absolute Gasteiger partial charge is 0.345 e. The molecule has 0 N–H and O–H groups in total. The Morgan fingerprint density at radius 2 is 1.45 bits per heavy atom. The minimum Gasteiger partial charge on any atom is -0.423 e. The van der Waals surface area contributed by atoms with E-state index in [1.165, 1.54) is 7.11 Å². The van der Waals surface area contributed by atoms with Crippen LogP contribution < -0.4 is 4.74 Å². The van der Waals surface area contributed by atoms with Crippen molar-refractivity contribution in [2.75, 3.05) is 7.11 Å². The largest absolute Gasteiger partial charge is 0.423 e. The fraction of sp³-hybridized carbons (Fsp3) is 0.118. The maximum absolute atomic E-state index is 12.0. The number of ether oxygens (including phenoxy) is 2. The third-order valence-corrected chi connectivity index (χ3v) is 3.84. The highest BCUT2D eigenvalue weighted by atomic mass is 16.6. The Morgan fingerprint density at radius 1 is 0.900 bits per heavy atom. The number of hydrogen-bond acceptors (Lipinski definition) is 3. The van der Waals surface area contributed by atoms with Crippen LogP contribution in [0.2, 0.25) is 0 Å². The Morgan fingerprint density at radius 3 is 2.10 bits per heavy atom. The monoisotopic (exact) mass is 264 g/mol. The van der Waals surface area contributed by atoms with Gasteiger partial charge in [0.05, 0.1) is 0 Å². The van der Waals surface area contributed by atoms with E-state index in [-0.39, 0.29) is 5.97 Å². The molecule has 0 radical (unpaired) electrons. The summed E-state index contributed by atoms with van der Waals surface area (Å²) in [5, 5.41) is 4.17. The van der Waals surface area contributed by atoms with Crippen molar-refractivity contribution >= 4 is 27.5 Å². The molecule has 0 bridgehead atoms. The second-order valence-electron chi connectivity index (χ2n) is 4.87. The van der Waals surface area contributed by atoms with E-state index in [1.54, 1.807) is 0 Å². The summed E-state index contributed by atoms with van der Waals surface area (Å²) in [5.74, 6) is 0.292. The topological polar surface area (TPSA) is 35.5 Å². The van der Waals surface area contributed by atoms with Crippen LogP contribution in [0, 0.1) is 0 Å². The van der Waals surface area contributed by atoms with Gasteiger partial charge >= 0.3 is 5.97 Å². The number of esters is 1. The van der Waals surface area contributed by atoms with Crippen molar-refractivity contribution in [3.05, 3.63) is 54.1 Å². The molecule has 0 aromatic heterocycles. The molecule has 3 heteroatoms. The quantitative estimate of drug-likeness (QED) is 0.383. The minimum atomic E-state index is -0.639. The lowest BCUT2D eigenvalue weighted by Crippen LogP contribution is -2.11. The first-order valence-electron chi connectivity index (χ1n) is 6.49. The lowest BCUT2D eigenvalue weighted by Gasteiger charge is -2.11. The molecule has 3 nitrogen and oxygen atoms in total. The molecule has 4 rings (SSSR count). The number of methoxy groups -OCH3 is 1. The first-order chi connectivity index (χ1) is 9.81. The van der Waals surface area contributed by atoms with Crippen LogP contribution in [0.25, 0.3) is 21.5 Å². The average molecular weight is 264 g/mol. The van der Waals surface area contributed by atoms with Gasteiger partial charge < -0.3 is 9.47 Å². The van der Waals surface area contributed by atoms with E-state index >= 15 is 0 Å². The Hall–Kier alpha value is -2.39. The molecule has 1 unspecified atom stereocenters. The van der Waals surface area contributed by atoms with Gasteiger partial charge in [0, 0.05) is 18.1 Å². The van der Waals surface area contributed by atoms with Crippen LogP contribution in [0.1, 0.15) is 11.7 Å². The van der Waals surface area contributed by atoms with Gasteiger partial charge in [0.15, 0.2) is 6.10 Å². The Balaban J connectivity index is 2.26. The van der Waals surface area contributed by atoms with E-state index in [4.69, 9.17) is 9.47 Å². The van der Waals surface area contributed by atoms with E-state index in [1.807, 2.05) is 42.5 Å². The standard InChI is InChI=1S/C17H12O3/c1-19-16-14-12-8-4-2-6-10(12)11-7-3-5-9-13(11)15(14)20-17(16)18/h2-9,16H,1H3. The molecule has 3 aromatic carbocycles. The molecule has 3 aromatic rings. The fourth-order valence-corrected chi connectivity index (χ4v) is 2.99. The number of carbonyl (C=O) groups excluding carboxylic acids is 1. The summed E-state index contributed by atoms with van der Waals surface area (Å²) in [5.41, 5.74) is 0.840. The molecule has 0 saturated heterocycles. The molecule has 0 amide bonds. The second kappa shape index (κ2) is 4.05. The van der Waals surface area contributed by atoms with Crippen LogP contribution in [0.5, 0.6) is 5.75 Å². The zero-order valence-corrected chi connectivity index (χ0v) is 10.9. The van der Waals surface area contributed by atoms with Crippen LogP contribution in [0.15, 0.2) is 48.5 Å². The maximum Gasteiger partial charge on any atom is 0.345 e. The van der Waals surface area contributed by atoms with Gasteiger partial charge in [-0.15, -0.1) is 0 Å². The molecule has 1 aliphatic heterocycles. The highest BCUT2D eigenvalue weighted by Gasteiger charge is 2.36. The number of hydrogen-bond donors (Lipinski definition) is 0. The summed E-state index contributed by atoms with van der Waals surface area (Å²) in [4.78, 5) is 12.0. The highest BCUT2D eigenvalue weighted by Crippen LogP contribution is 2.46. The number of carbonyl (C=O) groups is 1. The van der Waals surface area contributed by atoms with E-state index in [0.29, 0.717) is 5.75 Å². The molecule has 1 atom stereocenters. The summed E-state index contributed by atoms with van der Waals surface area (Å²) in [6.07, 6.45) is -0.639. The van der Waals surface area contributed by atoms with E-state index in [9.17, 15) is 4.79 Å². The van der Waals surface area contributed by atoms with Gasteiger partial charge in [0.1, 0.15) is 5.75 Å². The zero-order valence-electron chi connectivity index (χ0n) is 10.9. The van der Waals surface area contributed by atoms with Gasteiger partial charge in [0.2, 0.25) is 0 Å². The molecule has 1 heterocycles. The molecule has 0 aliphatic carbocycles. The van der Waals surface area contributed by atoms with Crippen LogP contribution in [0.3, 0.4) is 0 Å². The summed E-state index contributed by atoms with van der Waals surface area (Å²) >= 11 is 0. The first kappa shape index (κ1) is 11.4. The molecular formula is C17H12O3. The third-order valence-electron chi connectivity index (χ3n) is 3.84. The highest BCUT2D eigenvalue weighted by molar-refractivity contribution is 6.15. The molecular weight excluding hydrogens is 252 g/mol. The third kappa shape index (κ3) is 1.35. The lowest BCUT2D eigenvalue weighted by atomic mass is 9.94. The van der Waals surface area contributed by atoms with Gasteiger partial charge in [-0.25, -0.2) is 4.79 Å². The summed E-state index contributed by atoms with van der Waals surface area (Å²) in [7, 11) is 1.53. The van der Waals surface area contributed by atoms with Crippen molar-refractivity contribution in [3.8, 4) is 5.75 Å². The molecule has 1 aliphatic rings. The van der Waals surface area contributed by atoms with Crippen molar-refractivity contribution < 1.29 is 14.3 Å². The zero-order chi connectivity index (χ0) is 13.7. The SMILES string of the molecule is COC1C(=O)Oc2c1c1ccccc1c1ccccc21. The van der Waals surface area contributed by atoms with E-state index < -0.39 is 6.10 Å². The summed E-state index contributed by atoms with van der Waals surface area (Å²) < 4.78 is 10.8. The van der Waals surface area contributed by atoms with Gasteiger partial charge in [-0.3, -0.25) is 0 Å². The van der Waals surface area contributed by atoms with Crippen LogP contribution in [-0.2, 0) is 9.53 Å². The van der Waals surface area contributed by atoms with E-state index in [2.05, 4.69) is 6.07 Å². The first-order valence-corrected chi connectivity index (χ1v) is 6.49. The molecule has 98 valence electrons.